The highest BCUT2D eigenvalue weighted by molar-refractivity contribution is 6.09. The molecule has 27 heavy (non-hydrogen) atoms. The monoisotopic (exact) mass is 366 g/mol. The number of nitrogens with one attached hydrogen (secondary N) is 1. The molecular formula is C21H22N2O4. The van der Waals surface area contributed by atoms with Gasteiger partial charge in [-0.1, -0.05) is 24.3 Å². The lowest BCUT2D eigenvalue weighted by Gasteiger charge is -2.10. The van der Waals surface area contributed by atoms with Gasteiger partial charge in [0.25, 0.3) is 5.91 Å². The number of carbonyl (C=O) groups excluding carboxylic acids is 2. The van der Waals surface area contributed by atoms with E-state index in [2.05, 4.69) is 5.32 Å². The lowest BCUT2D eigenvalue weighted by molar-refractivity contribution is 0.0941. The number of carbonyl (C=O) groups is 2. The first-order chi connectivity index (χ1) is 13.0. The van der Waals surface area contributed by atoms with Gasteiger partial charge in [0.1, 0.15) is 0 Å². The Kier molecular flexibility index (Phi) is 5.45. The number of hydrogen-bond acceptors (Lipinski definition) is 4. The van der Waals surface area contributed by atoms with Gasteiger partial charge in [-0.15, -0.1) is 0 Å². The van der Waals surface area contributed by atoms with Gasteiger partial charge >= 0.3 is 0 Å². The third-order valence-corrected chi connectivity index (χ3v) is 4.44. The van der Waals surface area contributed by atoms with Crippen LogP contribution in [0.15, 0.2) is 48.7 Å². The van der Waals surface area contributed by atoms with Crippen LogP contribution in [0.5, 0.6) is 11.5 Å². The van der Waals surface area contributed by atoms with Crippen LogP contribution in [0, 0.1) is 0 Å². The van der Waals surface area contributed by atoms with Gasteiger partial charge in [-0.05, 0) is 30.2 Å². The van der Waals surface area contributed by atoms with Crippen LogP contribution in [0.3, 0.4) is 0 Å². The van der Waals surface area contributed by atoms with Crippen LogP contribution < -0.4 is 14.8 Å². The standard InChI is InChI=1S/C21H22N2O4/c1-14(24)23-13-17(16-6-4-5-7-18(16)23)21(25)22-11-10-15-8-9-19(26-2)20(12-15)27-3/h4-9,12-13H,10-11H2,1-3H3,(H,22,25). The summed E-state index contributed by atoms with van der Waals surface area (Å²) < 4.78 is 12.0. The van der Waals surface area contributed by atoms with Gasteiger partial charge in [-0.2, -0.15) is 0 Å². The summed E-state index contributed by atoms with van der Waals surface area (Å²) >= 11 is 0. The maximum atomic E-state index is 12.6. The van der Waals surface area contributed by atoms with E-state index in [4.69, 9.17) is 9.47 Å². The van der Waals surface area contributed by atoms with E-state index in [1.165, 1.54) is 11.5 Å². The van der Waals surface area contributed by atoms with E-state index in [0.29, 0.717) is 30.0 Å². The number of para-hydroxylation sites is 1. The molecule has 0 aliphatic carbocycles. The van der Waals surface area contributed by atoms with Gasteiger partial charge in [-0.25, -0.2) is 0 Å². The Morgan fingerprint density at radius 1 is 1.04 bits per heavy atom. The number of aromatic nitrogens is 1. The Bertz CT molecular complexity index is 991. The Balaban J connectivity index is 1.72. The summed E-state index contributed by atoms with van der Waals surface area (Å²) in [5.41, 5.74) is 2.25. The molecule has 1 N–H and O–H groups in total. The molecule has 0 unspecified atom stereocenters. The van der Waals surface area contributed by atoms with E-state index in [0.717, 1.165) is 16.5 Å². The van der Waals surface area contributed by atoms with Crippen molar-refractivity contribution in [3.63, 3.8) is 0 Å². The Morgan fingerprint density at radius 2 is 1.78 bits per heavy atom. The van der Waals surface area contributed by atoms with E-state index in [-0.39, 0.29) is 11.8 Å². The molecule has 3 rings (SSSR count). The number of benzene rings is 2. The average molecular weight is 366 g/mol. The highest BCUT2D eigenvalue weighted by Gasteiger charge is 2.16. The lowest BCUT2D eigenvalue weighted by Crippen LogP contribution is -2.25. The molecule has 0 aliphatic rings. The number of hydrogen-bond donors (Lipinski definition) is 1. The highest BCUT2D eigenvalue weighted by Crippen LogP contribution is 2.27. The number of nitrogens with zero attached hydrogens (tertiary/aromatic N) is 1. The molecule has 0 radical (unpaired) electrons. The summed E-state index contributed by atoms with van der Waals surface area (Å²) in [5.74, 6) is 0.996. The fraction of sp³-hybridized carbons (Fsp3) is 0.238. The van der Waals surface area contributed by atoms with Crippen LogP contribution in [-0.4, -0.2) is 37.1 Å². The minimum absolute atomic E-state index is 0.129. The maximum absolute atomic E-state index is 12.6. The second-order valence-corrected chi connectivity index (χ2v) is 6.14. The molecule has 2 aromatic carbocycles. The van der Waals surface area contributed by atoms with Gasteiger partial charge in [0.2, 0.25) is 5.91 Å². The van der Waals surface area contributed by atoms with E-state index in [1.54, 1.807) is 20.4 Å². The second kappa shape index (κ2) is 7.95. The van der Waals surface area contributed by atoms with Crippen molar-refractivity contribution in [1.82, 2.24) is 9.88 Å². The van der Waals surface area contributed by atoms with Gasteiger partial charge in [-0.3, -0.25) is 14.2 Å². The topological polar surface area (TPSA) is 69.6 Å². The maximum Gasteiger partial charge on any atom is 0.253 e. The minimum Gasteiger partial charge on any atom is -0.493 e. The summed E-state index contributed by atoms with van der Waals surface area (Å²) in [7, 11) is 3.18. The SMILES string of the molecule is COc1ccc(CCNC(=O)c2cn(C(C)=O)c3ccccc23)cc1OC. The van der Waals surface area contributed by atoms with Crippen LogP contribution in [0.2, 0.25) is 0 Å². The van der Waals surface area contributed by atoms with Crippen molar-refractivity contribution < 1.29 is 19.1 Å². The Labute approximate surface area is 157 Å². The summed E-state index contributed by atoms with van der Waals surface area (Å²) in [6.07, 6.45) is 2.25. The number of rotatable bonds is 6. The Hall–Kier alpha value is -3.28. The van der Waals surface area contributed by atoms with Gasteiger partial charge in [0.05, 0.1) is 25.3 Å². The van der Waals surface area contributed by atoms with Crippen LogP contribution in [-0.2, 0) is 6.42 Å². The van der Waals surface area contributed by atoms with Crippen molar-refractivity contribution in [2.24, 2.45) is 0 Å². The fourth-order valence-corrected chi connectivity index (χ4v) is 3.07. The summed E-state index contributed by atoms with van der Waals surface area (Å²) in [6, 6.07) is 13.1. The lowest BCUT2D eigenvalue weighted by atomic mass is 10.1. The predicted molar refractivity (Wildman–Crippen MR) is 104 cm³/mol. The molecule has 1 aromatic heterocycles. The van der Waals surface area contributed by atoms with Crippen molar-refractivity contribution in [2.45, 2.75) is 13.3 Å². The van der Waals surface area contributed by atoms with E-state index < -0.39 is 0 Å². The molecule has 0 fully saturated rings. The first-order valence-corrected chi connectivity index (χ1v) is 8.65. The van der Waals surface area contributed by atoms with Crippen molar-refractivity contribution in [1.29, 1.82) is 0 Å². The molecule has 3 aromatic rings. The average Bonchev–Trinajstić information content (AvgIpc) is 3.08. The molecular weight excluding hydrogens is 344 g/mol. The number of ether oxygens (including phenoxy) is 2. The smallest absolute Gasteiger partial charge is 0.253 e. The predicted octanol–water partition coefficient (Wildman–Crippen LogP) is 3.29. The van der Waals surface area contributed by atoms with E-state index in [1.807, 2.05) is 42.5 Å². The summed E-state index contributed by atoms with van der Waals surface area (Å²) in [4.78, 5) is 24.4. The van der Waals surface area contributed by atoms with E-state index in [9.17, 15) is 9.59 Å². The van der Waals surface area contributed by atoms with Crippen LogP contribution >= 0.6 is 0 Å². The molecule has 0 aliphatic heterocycles. The quantitative estimate of drug-likeness (QED) is 0.727. The zero-order chi connectivity index (χ0) is 19.4. The van der Waals surface area contributed by atoms with Crippen LogP contribution in [0.25, 0.3) is 10.9 Å². The fourth-order valence-electron chi connectivity index (χ4n) is 3.07. The molecule has 140 valence electrons. The van der Waals surface area contributed by atoms with Crippen LogP contribution in [0.1, 0.15) is 27.6 Å². The molecule has 6 heteroatoms. The molecule has 0 atom stereocenters. The molecule has 0 bridgehead atoms. The third kappa shape index (κ3) is 3.79. The van der Waals surface area contributed by atoms with Crippen molar-refractivity contribution in [2.75, 3.05) is 20.8 Å². The second-order valence-electron chi connectivity index (χ2n) is 6.14. The first kappa shape index (κ1) is 18.5. The van der Waals surface area contributed by atoms with Crippen LogP contribution in [0.4, 0.5) is 0 Å². The summed E-state index contributed by atoms with van der Waals surface area (Å²) in [5, 5.41) is 3.68. The molecule has 0 saturated heterocycles. The van der Waals surface area contributed by atoms with Crippen molar-refractivity contribution in [3.05, 3.63) is 59.8 Å². The van der Waals surface area contributed by atoms with Gasteiger partial charge in [0.15, 0.2) is 11.5 Å². The molecule has 6 nitrogen and oxygen atoms in total. The molecule has 1 amide bonds. The number of methoxy groups -OCH3 is 2. The van der Waals surface area contributed by atoms with E-state index >= 15 is 0 Å². The number of fused-ring (bicyclic) bond motifs is 1. The minimum atomic E-state index is -0.202. The van der Waals surface area contributed by atoms with Crippen molar-refractivity contribution in [3.8, 4) is 11.5 Å². The first-order valence-electron chi connectivity index (χ1n) is 8.65. The highest BCUT2D eigenvalue weighted by atomic mass is 16.5. The summed E-state index contributed by atoms with van der Waals surface area (Å²) in [6.45, 7) is 1.94. The molecule has 1 heterocycles. The Morgan fingerprint density at radius 3 is 2.48 bits per heavy atom. The van der Waals surface area contributed by atoms with Crippen molar-refractivity contribution >= 4 is 22.7 Å². The van der Waals surface area contributed by atoms with Gasteiger partial charge < -0.3 is 14.8 Å². The molecule has 0 spiro atoms. The van der Waals surface area contributed by atoms with Gasteiger partial charge in [0, 0.05) is 25.1 Å². The third-order valence-electron chi connectivity index (χ3n) is 4.44. The zero-order valence-corrected chi connectivity index (χ0v) is 15.6. The number of amides is 1. The largest absolute Gasteiger partial charge is 0.493 e. The molecule has 0 saturated carbocycles. The zero-order valence-electron chi connectivity index (χ0n) is 15.6. The normalized spacial score (nSPS) is 10.6.